The summed E-state index contributed by atoms with van der Waals surface area (Å²) in [4.78, 5) is 21.0. The first kappa shape index (κ1) is 14.4. The maximum Gasteiger partial charge on any atom is 0.304 e. The van der Waals surface area contributed by atoms with E-state index < -0.39 is 17.1 Å². The fourth-order valence-electron chi connectivity index (χ4n) is 1.42. The topological polar surface area (TPSA) is 81.5 Å². The van der Waals surface area contributed by atoms with E-state index in [9.17, 15) is 14.9 Å². The van der Waals surface area contributed by atoms with Gasteiger partial charge in [-0.25, -0.2) is 0 Å². The van der Waals surface area contributed by atoms with Crippen molar-refractivity contribution in [3.8, 4) is 0 Å². The van der Waals surface area contributed by atoms with Crippen molar-refractivity contribution in [3.63, 3.8) is 0 Å². The Kier molecular flexibility index (Phi) is 5.06. The van der Waals surface area contributed by atoms with Gasteiger partial charge in [0.25, 0.3) is 5.69 Å². The van der Waals surface area contributed by atoms with Gasteiger partial charge >= 0.3 is 5.97 Å². The van der Waals surface area contributed by atoms with Crippen LogP contribution >= 0.6 is 11.6 Å². The van der Waals surface area contributed by atoms with E-state index in [-0.39, 0.29) is 12.2 Å². The number of esters is 1. The van der Waals surface area contributed by atoms with Gasteiger partial charge in [-0.05, 0) is 19.1 Å². The molecule has 0 saturated carbocycles. The van der Waals surface area contributed by atoms with Crippen LogP contribution in [0.4, 0.5) is 5.69 Å². The van der Waals surface area contributed by atoms with Crippen LogP contribution in [-0.4, -0.2) is 17.1 Å². The van der Waals surface area contributed by atoms with Crippen molar-refractivity contribution in [2.45, 2.75) is 26.6 Å². The molecule has 1 aromatic carbocycles. The van der Waals surface area contributed by atoms with Crippen LogP contribution in [0.25, 0.3) is 0 Å². The van der Waals surface area contributed by atoms with Crippen LogP contribution in [0.15, 0.2) is 18.2 Å². The summed E-state index contributed by atoms with van der Waals surface area (Å²) in [5.41, 5.74) is 0.411. The summed E-state index contributed by atoms with van der Waals surface area (Å²) in [6.07, 6.45) is -0.527. The molecule has 0 radical (unpaired) electrons. The first-order valence-electron chi connectivity index (χ1n) is 5.23. The standard InChI is InChI=1S/C11H13ClN2O4/c1-7(18-8(2)15)13-6-9-5-10(12)3-4-11(9)14(16)17/h3-5,7,13H,6H2,1-2H3. The van der Waals surface area contributed by atoms with Crippen LogP contribution in [0.3, 0.4) is 0 Å². The first-order valence-corrected chi connectivity index (χ1v) is 5.61. The van der Waals surface area contributed by atoms with Crippen molar-refractivity contribution in [2.24, 2.45) is 0 Å². The molecule has 0 fully saturated rings. The largest absolute Gasteiger partial charge is 0.447 e. The lowest BCUT2D eigenvalue weighted by molar-refractivity contribution is -0.385. The Morgan fingerprint density at radius 2 is 2.28 bits per heavy atom. The fraction of sp³-hybridized carbons (Fsp3) is 0.364. The second kappa shape index (κ2) is 6.32. The van der Waals surface area contributed by atoms with Gasteiger partial charge in [-0.1, -0.05) is 11.6 Å². The summed E-state index contributed by atoms with van der Waals surface area (Å²) in [5.74, 6) is -0.421. The number of nitro benzene ring substituents is 1. The normalized spacial score (nSPS) is 11.9. The van der Waals surface area contributed by atoms with Gasteiger partial charge in [0.1, 0.15) is 0 Å². The Hall–Kier alpha value is -1.66. The van der Waals surface area contributed by atoms with Gasteiger partial charge in [-0.2, -0.15) is 0 Å². The van der Waals surface area contributed by atoms with Gasteiger partial charge in [-0.15, -0.1) is 0 Å². The lowest BCUT2D eigenvalue weighted by Crippen LogP contribution is -2.30. The Labute approximate surface area is 109 Å². The summed E-state index contributed by atoms with van der Waals surface area (Å²) in [6.45, 7) is 3.11. The highest BCUT2D eigenvalue weighted by Crippen LogP contribution is 2.22. The van der Waals surface area contributed by atoms with E-state index in [1.165, 1.54) is 25.1 Å². The SMILES string of the molecule is CC(=O)OC(C)NCc1cc(Cl)ccc1[N+](=O)[O-]. The van der Waals surface area contributed by atoms with E-state index >= 15 is 0 Å². The van der Waals surface area contributed by atoms with Crippen LogP contribution < -0.4 is 5.32 Å². The molecule has 0 aliphatic carbocycles. The number of nitrogens with zero attached hydrogens (tertiary/aromatic N) is 1. The van der Waals surface area contributed by atoms with Crippen molar-refractivity contribution in [1.29, 1.82) is 0 Å². The number of benzene rings is 1. The van der Waals surface area contributed by atoms with E-state index in [1.54, 1.807) is 6.92 Å². The number of hydrogen-bond acceptors (Lipinski definition) is 5. The van der Waals surface area contributed by atoms with Gasteiger partial charge in [0.05, 0.1) is 4.92 Å². The minimum Gasteiger partial charge on any atom is -0.447 e. The molecule has 0 aliphatic rings. The molecule has 1 unspecified atom stereocenters. The summed E-state index contributed by atoms with van der Waals surface area (Å²) >= 11 is 5.79. The molecular formula is C11H13ClN2O4. The average Bonchev–Trinajstić information content (AvgIpc) is 2.25. The highest BCUT2D eigenvalue weighted by molar-refractivity contribution is 6.30. The Bertz CT molecular complexity index is 464. The van der Waals surface area contributed by atoms with Crippen LogP contribution in [-0.2, 0) is 16.1 Å². The smallest absolute Gasteiger partial charge is 0.304 e. The monoisotopic (exact) mass is 272 g/mol. The van der Waals surface area contributed by atoms with Crippen molar-refractivity contribution in [2.75, 3.05) is 0 Å². The Balaban J connectivity index is 2.74. The molecule has 0 aromatic heterocycles. The second-order valence-corrected chi connectivity index (χ2v) is 4.10. The van der Waals surface area contributed by atoms with Crippen LogP contribution in [0.1, 0.15) is 19.4 Å². The van der Waals surface area contributed by atoms with E-state index in [4.69, 9.17) is 16.3 Å². The molecule has 1 atom stereocenters. The van der Waals surface area contributed by atoms with Crippen molar-refractivity contribution in [3.05, 3.63) is 38.9 Å². The van der Waals surface area contributed by atoms with Crippen LogP contribution in [0.2, 0.25) is 5.02 Å². The zero-order valence-corrected chi connectivity index (χ0v) is 10.7. The predicted octanol–water partition coefficient (Wildman–Crippen LogP) is 2.25. The molecule has 98 valence electrons. The lowest BCUT2D eigenvalue weighted by Gasteiger charge is -2.13. The van der Waals surface area contributed by atoms with E-state index in [0.29, 0.717) is 10.6 Å². The van der Waals surface area contributed by atoms with Crippen molar-refractivity contribution in [1.82, 2.24) is 5.32 Å². The van der Waals surface area contributed by atoms with E-state index in [0.717, 1.165) is 0 Å². The Morgan fingerprint density at radius 1 is 1.61 bits per heavy atom. The number of hydrogen-bond donors (Lipinski definition) is 1. The molecule has 6 nitrogen and oxygen atoms in total. The third-order valence-electron chi connectivity index (χ3n) is 2.16. The van der Waals surface area contributed by atoms with Crippen molar-refractivity contribution < 1.29 is 14.5 Å². The zero-order chi connectivity index (χ0) is 13.7. The molecule has 0 spiro atoms. The van der Waals surface area contributed by atoms with Gasteiger partial charge in [0.15, 0.2) is 6.23 Å². The quantitative estimate of drug-likeness (QED) is 0.385. The molecule has 0 heterocycles. The van der Waals surface area contributed by atoms with Crippen LogP contribution in [0, 0.1) is 10.1 Å². The van der Waals surface area contributed by atoms with Gasteiger partial charge in [0, 0.05) is 30.1 Å². The third-order valence-corrected chi connectivity index (χ3v) is 2.40. The van der Waals surface area contributed by atoms with Gasteiger partial charge in [-0.3, -0.25) is 20.2 Å². The third kappa shape index (κ3) is 4.31. The number of nitro groups is 1. The van der Waals surface area contributed by atoms with Gasteiger partial charge in [0.2, 0.25) is 0 Å². The molecule has 1 aromatic rings. The maximum atomic E-state index is 10.8. The minimum atomic E-state index is -0.527. The zero-order valence-electron chi connectivity index (χ0n) is 9.97. The molecule has 1 rings (SSSR count). The highest BCUT2D eigenvalue weighted by Gasteiger charge is 2.14. The van der Waals surface area contributed by atoms with Crippen LogP contribution in [0.5, 0.6) is 0 Å². The highest BCUT2D eigenvalue weighted by atomic mass is 35.5. The van der Waals surface area contributed by atoms with E-state index in [1.807, 2.05) is 0 Å². The lowest BCUT2D eigenvalue weighted by atomic mass is 10.2. The number of carbonyl (C=O) groups is 1. The predicted molar refractivity (Wildman–Crippen MR) is 66.2 cm³/mol. The molecule has 18 heavy (non-hydrogen) atoms. The molecule has 0 bridgehead atoms. The maximum absolute atomic E-state index is 10.8. The molecular weight excluding hydrogens is 260 g/mol. The minimum absolute atomic E-state index is 0.0260. The summed E-state index contributed by atoms with van der Waals surface area (Å²) in [5, 5.41) is 14.1. The second-order valence-electron chi connectivity index (χ2n) is 3.66. The fourth-order valence-corrected chi connectivity index (χ4v) is 1.61. The molecule has 1 N–H and O–H groups in total. The first-order chi connectivity index (χ1) is 8.40. The van der Waals surface area contributed by atoms with Crippen molar-refractivity contribution >= 4 is 23.3 Å². The molecule has 0 saturated heterocycles. The van der Waals surface area contributed by atoms with Gasteiger partial charge < -0.3 is 4.74 Å². The average molecular weight is 273 g/mol. The number of carbonyl (C=O) groups excluding carboxylic acids is 1. The molecule has 0 amide bonds. The summed E-state index contributed by atoms with van der Waals surface area (Å²) in [6, 6.07) is 4.31. The Morgan fingerprint density at radius 3 is 2.83 bits per heavy atom. The summed E-state index contributed by atoms with van der Waals surface area (Å²) in [7, 11) is 0. The number of nitrogens with one attached hydrogen (secondary N) is 1. The number of ether oxygens (including phenoxy) is 1. The van der Waals surface area contributed by atoms with E-state index in [2.05, 4.69) is 5.32 Å². The number of rotatable bonds is 5. The number of halogens is 1. The molecule has 7 heteroatoms. The molecule has 0 aliphatic heterocycles. The summed E-state index contributed by atoms with van der Waals surface area (Å²) < 4.78 is 4.85.